The number of amides is 1. The maximum absolute atomic E-state index is 12.5. The number of nitrogens with zero attached hydrogens (tertiary/aromatic N) is 3. The van der Waals surface area contributed by atoms with Gasteiger partial charge in [-0.05, 0) is 24.9 Å². The van der Waals surface area contributed by atoms with Crippen LogP contribution in [0.4, 0.5) is 5.69 Å². The van der Waals surface area contributed by atoms with Gasteiger partial charge in [-0.2, -0.15) is 4.98 Å². The number of non-ortho nitro benzene ring substituents is 1. The van der Waals surface area contributed by atoms with E-state index < -0.39 is 11.0 Å². The van der Waals surface area contributed by atoms with E-state index in [1.807, 2.05) is 30.3 Å². The minimum absolute atomic E-state index is 0.0598. The molecule has 1 atom stereocenters. The standard InChI is InChI=1S/C22H25N5O4/c23-13-6-2-5-12-20(28)24-19(14-16-8-3-1-4-9-16)22-25-21(26-31-22)17-10-7-11-18(15-17)27(29)30/h1,3-4,7-11,15,19H,2,5-6,12-14,23H2,(H,24,28). The molecular formula is C22H25N5O4. The number of rotatable bonds is 11. The van der Waals surface area contributed by atoms with Crippen LogP contribution in [0.15, 0.2) is 59.1 Å². The fraction of sp³-hybridized carbons (Fsp3) is 0.318. The molecule has 0 bridgehead atoms. The van der Waals surface area contributed by atoms with Crippen molar-refractivity contribution in [3.05, 3.63) is 76.2 Å². The maximum atomic E-state index is 12.5. The van der Waals surface area contributed by atoms with E-state index in [0.29, 0.717) is 24.9 Å². The topological polar surface area (TPSA) is 137 Å². The number of nitrogens with one attached hydrogen (secondary N) is 1. The predicted molar refractivity (Wildman–Crippen MR) is 115 cm³/mol. The molecule has 0 fully saturated rings. The Bertz CT molecular complexity index is 1010. The largest absolute Gasteiger partial charge is 0.344 e. The normalized spacial score (nSPS) is 11.8. The molecule has 3 aromatic rings. The Morgan fingerprint density at radius 1 is 1.13 bits per heavy atom. The van der Waals surface area contributed by atoms with Crippen LogP contribution in [0.3, 0.4) is 0 Å². The molecule has 0 saturated heterocycles. The first-order valence-electron chi connectivity index (χ1n) is 10.2. The molecule has 1 unspecified atom stereocenters. The number of nitro groups is 1. The zero-order chi connectivity index (χ0) is 22.1. The second kappa shape index (κ2) is 11.0. The number of carbonyl (C=O) groups excluding carboxylic acids is 1. The van der Waals surface area contributed by atoms with Gasteiger partial charge in [0.25, 0.3) is 5.69 Å². The van der Waals surface area contributed by atoms with Crippen LogP contribution in [0.1, 0.15) is 43.2 Å². The number of nitrogens with two attached hydrogens (primary N) is 1. The molecule has 1 heterocycles. The number of aromatic nitrogens is 2. The number of hydrogen-bond donors (Lipinski definition) is 2. The maximum Gasteiger partial charge on any atom is 0.270 e. The minimum atomic E-state index is -0.510. The third-order valence-corrected chi connectivity index (χ3v) is 4.78. The van der Waals surface area contributed by atoms with Crippen molar-refractivity contribution in [2.75, 3.05) is 6.54 Å². The lowest BCUT2D eigenvalue weighted by atomic mass is 10.1. The van der Waals surface area contributed by atoms with Crippen LogP contribution in [-0.4, -0.2) is 27.5 Å². The molecule has 2 aromatic carbocycles. The van der Waals surface area contributed by atoms with Crippen LogP contribution in [0.5, 0.6) is 0 Å². The van der Waals surface area contributed by atoms with Gasteiger partial charge in [-0.1, -0.05) is 54.0 Å². The van der Waals surface area contributed by atoms with Crippen LogP contribution in [0.2, 0.25) is 0 Å². The van der Waals surface area contributed by atoms with E-state index in [1.54, 1.807) is 12.1 Å². The van der Waals surface area contributed by atoms with Crippen LogP contribution in [-0.2, 0) is 11.2 Å². The molecule has 1 aromatic heterocycles. The first kappa shape index (κ1) is 22.1. The molecule has 31 heavy (non-hydrogen) atoms. The van der Waals surface area contributed by atoms with Gasteiger partial charge in [-0.3, -0.25) is 14.9 Å². The van der Waals surface area contributed by atoms with E-state index in [4.69, 9.17) is 10.3 Å². The van der Waals surface area contributed by atoms with Crippen molar-refractivity contribution in [2.24, 2.45) is 5.73 Å². The van der Waals surface area contributed by atoms with Crippen molar-refractivity contribution in [1.29, 1.82) is 0 Å². The third-order valence-electron chi connectivity index (χ3n) is 4.78. The highest BCUT2D eigenvalue weighted by Crippen LogP contribution is 2.24. The number of benzene rings is 2. The summed E-state index contributed by atoms with van der Waals surface area (Å²) in [5, 5.41) is 18.0. The number of hydrogen-bond acceptors (Lipinski definition) is 7. The van der Waals surface area contributed by atoms with Crippen molar-refractivity contribution in [2.45, 2.75) is 38.1 Å². The summed E-state index contributed by atoms with van der Waals surface area (Å²) in [6, 6.07) is 15.2. The lowest BCUT2D eigenvalue weighted by Gasteiger charge is -2.15. The number of unbranched alkanes of at least 4 members (excludes halogenated alkanes) is 2. The van der Waals surface area contributed by atoms with E-state index in [0.717, 1.165) is 24.8 Å². The highest BCUT2D eigenvalue weighted by molar-refractivity contribution is 5.76. The summed E-state index contributed by atoms with van der Waals surface area (Å²) in [4.78, 5) is 27.4. The summed E-state index contributed by atoms with van der Waals surface area (Å²) in [7, 11) is 0. The van der Waals surface area contributed by atoms with Crippen LogP contribution < -0.4 is 11.1 Å². The van der Waals surface area contributed by atoms with Gasteiger partial charge in [-0.25, -0.2) is 0 Å². The molecule has 0 aliphatic rings. The average Bonchev–Trinajstić information content (AvgIpc) is 3.27. The van der Waals surface area contributed by atoms with Gasteiger partial charge >= 0.3 is 0 Å². The predicted octanol–water partition coefficient (Wildman–Crippen LogP) is 3.56. The molecule has 162 valence electrons. The molecule has 0 radical (unpaired) electrons. The van der Waals surface area contributed by atoms with Gasteiger partial charge in [0, 0.05) is 30.5 Å². The fourth-order valence-electron chi connectivity index (χ4n) is 3.18. The van der Waals surface area contributed by atoms with Crippen molar-refractivity contribution in [3.63, 3.8) is 0 Å². The van der Waals surface area contributed by atoms with Gasteiger partial charge in [-0.15, -0.1) is 0 Å². The first-order chi connectivity index (χ1) is 15.1. The smallest absolute Gasteiger partial charge is 0.270 e. The molecule has 0 spiro atoms. The SMILES string of the molecule is NCCCCCC(=O)NC(Cc1ccccc1)c1nc(-c2cccc([N+](=O)[O-])c2)no1. The molecule has 9 nitrogen and oxygen atoms in total. The Morgan fingerprint density at radius 2 is 1.94 bits per heavy atom. The Morgan fingerprint density at radius 3 is 2.68 bits per heavy atom. The second-order valence-electron chi connectivity index (χ2n) is 7.17. The third kappa shape index (κ3) is 6.45. The molecule has 3 rings (SSSR count). The molecule has 9 heteroatoms. The summed E-state index contributed by atoms with van der Waals surface area (Å²) < 4.78 is 5.44. The second-order valence-corrected chi connectivity index (χ2v) is 7.17. The Hall–Kier alpha value is -3.59. The van der Waals surface area contributed by atoms with E-state index in [2.05, 4.69) is 15.5 Å². The van der Waals surface area contributed by atoms with E-state index in [-0.39, 0.29) is 23.3 Å². The Balaban J connectivity index is 1.78. The Labute approximate surface area is 179 Å². The lowest BCUT2D eigenvalue weighted by molar-refractivity contribution is -0.384. The molecular weight excluding hydrogens is 398 g/mol. The van der Waals surface area contributed by atoms with E-state index in [9.17, 15) is 14.9 Å². The molecule has 3 N–H and O–H groups in total. The van der Waals surface area contributed by atoms with Crippen molar-refractivity contribution >= 4 is 11.6 Å². The van der Waals surface area contributed by atoms with Crippen molar-refractivity contribution in [1.82, 2.24) is 15.5 Å². The zero-order valence-electron chi connectivity index (χ0n) is 17.1. The van der Waals surface area contributed by atoms with Gasteiger partial charge in [0.15, 0.2) is 0 Å². The molecule has 0 aliphatic carbocycles. The fourth-order valence-corrected chi connectivity index (χ4v) is 3.18. The monoisotopic (exact) mass is 423 g/mol. The number of carbonyl (C=O) groups is 1. The van der Waals surface area contributed by atoms with Gasteiger partial charge in [0.2, 0.25) is 17.6 Å². The minimum Gasteiger partial charge on any atom is -0.344 e. The summed E-state index contributed by atoms with van der Waals surface area (Å²) in [5.41, 5.74) is 6.91. The molecule has 0 saturated carbocycles. The number of nitro benzene ring substituents is 1. The first-order valence-corrected chi connectivity index (χ1v) is 10.2. The highest BCUT2D eigenvalue weighted by Gasteiger charge is 2.22. The summed E-state index contributed by atoms with van der Waals surface area (Å²) in [6.07, 6.45) is 3.40. The summed E-state index contributed by atoms with van der Waals surface area (Å²) >= 11 is 0. The highest BCUT2D eigenvalue weighted by atomic mass is 16.6. The van der Waals surface area contributed by atoms with Gasteiger partial charge in [0.1, 0.15) is 6.04 Å². The van der Waals surface area contributed by atoms with Crippen LogP contribution >= 0.6 is 0 Å². The van der Waals surface area contributed by atoms with Crippen molar-refractivity contribution < 1.29 is 14.2 Å². The van der Waals surface area contributed by atoms with Crippen LogP contribution in [0, 0.1) is 10.1 Å². The summed E-state index contributed by atoms with van der Waals surface area (Å²) in [5.74, 6) is 0.377. The quantitative estimate of drug-likeness (QED) is 0.273. The summed E-state index contributed by atoms with van der Waals surface area (Å²) in [6.45, 7) is 0.612. The average molecular weight is 423 g/mol. The zero-order valence-corrected chi connectivity index (χ0v) is 17.1. The van der Waals surface area contributed by atoms with Crippen LogP contribution in [0.25, 0.3) is 11.4 Å². The molecule has 0 aliphatic heterocycles. The lowest BCUT2D eigenvalue weighted by Crippen LogP contribution is -2.30. The van der Waals surface area contributed by atoms with Gasteiger partial charge < -0.3 is 15.6 Å². The van der Waals surface area contributed by atoms with Gasteiger partial charge in [0.05, 0.1) is 4.92 Å². The Kier molecular flexibility index (Phi) is 7.83. The van der Waals surface area contributed by atoms with E-state index in [1.165, 1.54) is 12.1 Å². The van der Waals surface area contributed by atoms with E-state index >= 15 is 0 Å². The van der Waals surface area contributed by atoms with Crippen molar-refractivity contribution in [3.8, 4) is 11.4 Å². The molecule has 1 amide bonds.